The van der Waals surface area contributed by atoms with Gasteiger partial charge in [-0.15, -0.1) is 0 Å². The van der Waals surface area contributed by atoms with Gasteiger partial charge in [-0.1, -0.05) is 18.2 Å². The van der Waals surface area contributed by atoms with Crippen molar-refractivity contribution in [2.75, 3.05) is 5.73 Å². The molecule has 0 aliphatic carbocycles. The number of rotatable bonds is 1. The summed E-state index contributed by atoms with van der Waals surface area (Å²) in [7, 11) is 0. The fourth-order valence-electron chi connectivity index (χ4n) is 1.02. The zero-order chi connectivity index (χ0) is 12.7. The molecule has 1 aromatic carbocycles. The maximum atomic E-state index is 10.3. The number of hydrogen-bond donors (Lipinski definition) is 2. The van der Waals surface area contributed by atoms with Crippen molar-refractivity contribution < 1.29 is 14.3 Å². The van der Waals surface area contributed by atoms with E-state index >= 15 is 0 Å². The Morgan fingerprint density at radius 2 is 1.76 bits per heavy atom. The highest BCUT2D eigenvalue weighted by Crippen LogP contribution is 2.08. The Morgan fingerprint density at radius 1 is 1.12 bits per heavy atom. The minimum Gasteiger partial charge on any atom is -0.478 e. The summed E-state index contributed by atoms with van der Waals surface area (Å²) in [4.78, 5) is 20.4. The molecule has 0 radical (unpaired) electrons. The molecule has 5 heteroatoms. The summed E-state index contributed by atoms with van der Waals surface area (Å²) in [6, 6.07) is 11.0. The molecule has 0 amide bonds. The first-order valence-electron chi connectivity index (χ1n) is 4.73. The number of hydrogen-bond acceptors (Lipinski definition) is 4. The molecule has 0 aliphatic heterocycles. The second kappa shape index (κ2) is 6.12. The predicted molar refractivity (Wildman–Crippen MR) is 62.8 cm³/mol. The maximum absolute atomic E-state index is 10.3. The van der Waals surface area contributed by atoms with Gasteiger partial charge in [-0.25, -0.2) is 9.59 Å². The lowest BCUT2D eigenvalue weighted by atomic mass is 10.2. The van der Waals surface area contributed by atoms with E-state index in [0.29, 0.717) is 5.69 Å². The van der Waals surface area contributed by atoms with Gasteiger partial charge in [0.15, 0.2) is 0 Å². The summed E-state index contributed by atoms with van der Waals surface area (Å²) >= 11 is 0. The van der Waals surface area contributed by atoms with E-state index < -0.39 is 5.97 Å². The van der Waals surface area contributed by atoms with Crippen LogP contribution < -0.4 is 11.4 Å². The number of carboxylic acids is 1. The van der Waals surface area contributed by atoms with Crippen molar-refractivity contribution in [3.8, 4) is 0 Å². The molecule has 1 heterocycles. The van der Waals surface area contributed by atoms with Gasteiger partial charge < -0.3 is 15.3 Å². The molecule has 17 heavy (non-hydrogen) atoms. The third kappa shape index (κ3) is 4.21. The number of aromatic carboxylic acids is 1. The second-order valence-electron chi connectivity index (χ2n) is 3.02. The highest BCUT2D eigenvalue weighted by Gasteiger charge is 2.03. The van der Waals surface area contributed by atoms with Crippen LogP contribution in [0, 0.1) is 0 Å². The van der Waals surface area contributed by atoms with Crippen LogP contribution in [0.4, 0.5) is 5.69 Å². The van der Waals surface area contributed by atoms with E-state index in [-0.39, 0.29) is 11.2 Å². The quantitative estimate of drug-likeness (QED) is 0.730. The molecule has 0 atom stereocenters. The van der Waals surface area contributed by atoms with Gasteiger partial charge in [0.05, 0.1) is 11.8 Å². The van der Waals surface area contributed by atoms with Gasteiger partial charge in [0, 0.05) is 11.8 Å². The van der Waals surface area contributed by atoms with Crippen LogP contribution in [0.5, 0.6) is 0 Å². The fraction of sp³-hybridized carbons (Fsp3) is 0. The van der Waals surface area contributed by atoms with Crippen molar-refractivity contribution in [1.82, 2.24) is 0 Å². The van der Waals surface area contributed by atoms with Crippen molar-refractivity contribution in [2.24, 2.45) is 0 Å². The molecule has 0 bridgehead atoms. The molecule has 0 spiro atoms. The Balaban J connectivity index is 0.000000181. The molecule has 1 aromatic heterocycles. The van der Waals surface area contributed by atoms with Gasteiger partial charge in [0.2, 0.25) is 0 Å². The number of para-hydroxylation sites is 1. The van der Waals surface area contributed by atoms with Gasteiger partial charge >= 0.3 is 11.6 Å². The molecule has 0 fully saturated rings. The molecule has 2 rings (SSSR count). The first-order valence-corrected chi connectivity index (χ1v) is 4.73. The molecular weight excluding hydrogens is 222 g/mol. The van der Waals surface area contributed by atoms with Crippen LogP contribution in [-0.4, -0.2) is 11.1 Å². The van der Waals surface area contributed by atoms with Gasteiger partial charge in [0.1, 0.15) is 0 Å². The normalized spacial score (nSPS) is 8.94. The van der Waals surface area contributed by atoms with Gasteiger partial charge in [-0.3, -0.25) is 0 Å². The monoisotopic (exact) mass is 233 g/mol. The highest BCUT2D eigenvalue weighted by molar-refractivity contribution is 5.93. The SMILES string of the molecule is Nc1ccccc1C(=O)O.O=c1cccco1. The smallest absolute Gasteiger partial charge is 0.337 e. The maximum Gasteiger partial charge on any atom is 0.337 e. The first-order chi connectivity index (χ1) is 8.11. The van der Waals surface area contributed by atoms with E-state index in [1.54, 1.807) is 30.3 Å². The molecule has 0 aliphatic rings. The van der Waals surface area contributed by atoms with Crippen LogP contribution in [-0.2, 0) is 0 Å². The van der Waals surface area contributed by atoms with Gasteiger partial charge in [0.25, 0.3) is 0 Å². The van der Waals surface area contributed by atoms with Crippen LogP contribution in [0.3, 0.4) is 0 Å². The largest absolute Gasteiger partial charge is 0.478 e. The van der Waals surface area contributed by atoms with Gasteiger partial charge in [-0.2, -0.15) is 0 Å². The van der Waals surface area contributed by atoms with Crippen LogP contribution in [0.25, 0.3) is 0 Å². The van der Waals surface area contributed by atoms with Crippen molar-refractivity contribution in [2.45, 2.75) is 0 Å². The fourth-order valence-corrected chi connectivity index (χ4v) is 1.02. The Bertz CT molecular complexity index is 530. The van der Waals surface area contributed by atoms with E-state index in [9.17, 15) is 9.59 Å². The number of nitrogen functional groups attached to an aromatic ring is 1. The van der Waals surface area contributed by atoms with E-state index in [1.165, 1.54) is 18.4 Å². The molecule has 5 nitrogen and oxygen atoms in total. The van der Waals surface area contributed by atoms with Crippen LogP contribution >= 0.6 is 0 Å². The minimum atomic E-state index is -0.988. The van der Waals surface area contributed by atoms with E-state index in [4.69, 9.17) is 10.8 Å². The Hall–Kier alpha value is -2.56. The lowest BCUT2D eigenvalue weighted by Crippen LogP contribution is -2.00. The third-order valence-corrected chi connectivity index (χ3v) is 1.80. The van der Waals surface area contributed by atoms with Crippen LogP contribution in [0.1, 0.15) is 10.4 Å². The lowest BCUT2D eigenvalue weighted by molar-refractivity contribution is 0.0698. The second-order valence-corrected chi connectivity index (χ2v) is 3.02. The number of carbonyl (C=O) groups is 1. The summed E-state index contributed by atoms with van der Waals surface area (Å²) in [5, 5.41) is 8.49. The highest BCUT2D eigenvalue weighted by atomic mass is 16.4. The van der Waals surface area contributed by atoms with Crippen molar-refractivity contribution in [1.29, 1.82) is 0 Å². The number of benzene rings is 1. The Kier molecular flexibility index (Phi) is 4.50. The molecule has 2 aromatic rings. The summed E-state index contributed by atoms with van der Waals surface area (Å²) in [5.41, 5.74) is 5.49. The van der Waals surface area contributed by atoms with Crippen LogP contribution in [0.15, 0.2) is 57.9 Å². The Labute approximate surface area is 97.1 Å². The molecular formula is C12H11NO4. The molecule has 88 valence electrons. The summed E-state index contributed by atoms with van der Waals surface area (Å²) in [6.45, 7) is 0. The van der Waals surface area contributed by atoms with Crippen molar-refractivity contribution in [3.63, 3.8) is 0 Å². The van der Waals surface area contributed by atoms with E-state index in [0.717, 1.165) is 0 Å². The lowest BCUT2D eigenvalue weighted by Gasteiger charge is -1.96. The van der Waals surface area contributed by atoms with E-state index in [2.05, 4.69) is 4.42 Å². The number of anilines is 1. The average molecular weight is 233 g/mol. The third-order valence-electron chi connectivity index (χ3n) is 1.80. The zero-order valence-corrected chi connectivity index (χ0v) is 8.87. The molecule has 0 saturated carbocycles. The van der Waals surface area contributed by atoms with Crippen LogP contribution in [0.2, 0.25) is 0 Å². The summed E-state index contributed by atoms with van der Waals surface area (Å²) in [5.74, 6) is -0.988. The van der Waals surface area contributed by atoms with Crippen molar-refractivity contribution in [3.05, 3.63) is 64.7 Å². The number of carboxylic acid groups (broad SMARTS) is 1. The predicted octanol–water partition coefficient (Wildman–Crippen LogP) is 1.61. The minimum absolute atomic E-state index is 0.155. The summed E-state index contributed by atoms with van der Waals surface area (Å²) < 4.78 is 4.37. The first kappa shape index (κ1) is 12.5. The molecule has 0 saturated heterocycles. The zero-order valence-electron chi connectivity index (χ0n) is 8.87. The topological polar surface area (TPSA) is 93.5 Å². The van der Waals surface area contributed by atoms with Gasteiger partial charge in [-0.05, 0) is 18.2 Å². The Morgan fingerprint density at radius 3 is 2.12 bits per heavy atom. The molecule has 0 unspecified atom stereocenters. The average Bonchev–Trinajstić information content (AvgIpc) is 2.31. The standard InChI is InChI=1S/C7H7NO2.C5H4O2/c8-6-4-2-1-3-5(6)7(9)10;6-5-3-1-2-4-7-5/h1-4H,8H2,(H,9,10);1-4H. The number of nitrogens with two attached hydrogens (primary N) is 1. The van der Waals surface area contributed by atoms with Crippen molar-refractivity contribution >= 4 is 11.7 Å². The van der Waals surface area contributed by atoms with E-state index in [1.807, 2.05) is 0 Å². The summed E-state index contributed by atoms with van der Waals surface area (Å²) in [6.07, 6.45) is 1.35. The molecule has 3 N–H and O–H groups in total.